The standard InChI is InChI=1S/C14H18Cl2N4O.HI/c1-3-17-14(19-9-11-5-4-6-21-11)18-8-10-7-12(15)13(16)20(10)2;/h4-7H,3,8-9H2,1-2H3,(H2,17,18,19);1H. The van der Waals surface area contributed by atoms with E-state index in [0.717, 1.165) is 18.0 Å². The van der Waals surface area contributed by atoms with E-state index >= 15 is 0 Å². The third kappa shape index (κ3) is 5.10. The Morgan fingerprint density at radius 2 is 2.14 bits per heavy atom. The number of halogens is 3. The van der Waals surface area contributed by atoms with Crippen LogP contribution in [0.3, 0.4) is 0 Å². The van der Waals surface area contributed by atoms with Crippen molar-refractivity contribution in [2.45, 2.75) is 20.0 Å². The summed E-state index contributed by atoms with van der Waals surface area (Å²) in [6, 6.07) is 5.59. The van der Waals surface area contributed by atoms with E-state index in [1.807, 2.05) is 36.7 Å². The van der Waals surface area contributed by atoms with Crippen molar-refractivity contribution in [2.24, 2.45) is 12.0 Å². The van der Waals surface area contributed by atoms with E-state index in [2.05, 4.69) is 15.6 Å². The number of nitrogens with one attached hydrogen (secondary N) is 2. The number of aromatic nitrogens is 1. The van der Waals surface area contributed by atoms with Crippen LogP contribution in [0.5, 0.6) is 0 Å². The van der Waals surface area contributed by atoms with Crippen LogP contribution in [-0.4, -0.2) is 17.1 Å². The summed E-state index contributed by atoms with van der Waals surface area (Å²) >= 11 is 12.0. The van der Waals surface area contributed by atoms with Crippen molar-refractivity contribution < 1.29 is 4.42 Å². The molecule has 2 heterocycles. The Kier molecular flexibility index (Phi) is 8.13. The lowest BCUT2D eigenvalue weighted by Gasteiger charge is -2.10. The van der Waals surface area contributed by atoms with Crippen LogP contribution < -0.4 is 10.6 Å². The number of hydrogen-bond acceptors (Lipinski definition) is 2. The third-order valence-corrected chi connectivity index (χ3v) is 3.81. The van der Waals surface area contributed by atoms with Gasteiger partial charge in [0.25, 0.3) is 0 Å². The van der Waals surface area contributed by atoms with E-state index in [4.69, 9.17) is 27.6 Å². The monoisotopic (exact) mass is 456 g/mol. The molecule has 0 amide bonds. The average molecular weight is 457 g/mol. The van der Waals surface area contributed by atoms with Gasteiger partial charge in [-0.1, -0.05) is 23.2 Å². The molecule has 0 saturated heterocycles. The molecule has 2 aromatic rings. The summed E-state index contributed by atoms with van der Waals surface area (Å²) in [6.07, 6.45) is 1.65. The maximum atomic E-state index is 6.04. The highest BCUT2D eigenvalue weighted by Crippen LogP contribution is 2.25. The first-order chi connectivity index (χ1) is 10.1. The highest BCUT2D eigenvalue weighted by atomic mass is 127. The second-order valence-electron chi connectivity index (χ2n) is 4.46. The lowest BCUT2D eigenvalue weighted by atomic mass is 10.4. The molecule has 0 fully saturated rings. The predicted molar refractivity (Wildman–Crippen MR) is 101 cm³/mol. The molecule has 8 heteroatoms. The Bertz CT molecular complexity index is 611. The first-order valence-electron chi connectivity index (χ1n) is 6.66. The van der Waals surface area contributed by atoms with Gasteiger partial charge < -0.3 is 19.6 Å². The van der Waals surface area contributed by atoms with E-state index in [1.165, 1.54) is 0 Å². The van der Waals surface area contributed by atoms with Crippen molar-refractivity contribution in [2.75, 3.05) is 6.54 Å². The average Bonchev–Trinajstić information content (AvgIpc) is 3.07. The van der Waals surface area contributed by atoms with Crippen LogP contribution in [-0.2, 0) is 20.1 Å². The van der Waals surface area contributed by atoms with Gasteiger partial charge in [-0.15, -0.1) is 24.0 Å². The van der Waals surface area contributed by atoms with Crippen LogP contribution in [0.25, 0.3) is 0 Å². The van der Waals surface area contributed by atoms with Gasteiger partial charge in [0, 0.05) is 19.3 Å². The molecule has 122 valence electrons. The third-order valence-electron chi connectivity index (χ3n) is 2.97. The maximum Gasteiger partial charge on any atom is 0.192 e. The molecule has 0 radical (unpaired) electrons. The van der Waals surface area contributed by atoms with Gasteiger partial charge in [-0.25, -0.2) is 4.99 Å². The quantitative estimate of drug-likeness (QED) is 0.408. The molecule has 0 bridgehead atoms. The summed E-state index contributed by atoms with van der Waals surface area (Å²) in [5.41, 5.74) is 0.945. The van der Waals surface area contributed by atoms with Gasteiger partial charge >= 0.3 is 0 Å². The molecule has 0 aromatic carbocycles. The SMILES string of the molecule is CCNC(=NCc1cc(Cl)c(Cl)n1C)NCc1ccco1.I. The lowest BCUT2D eigenvalue weighted by Crippen LogP contribution is -2.36. The van der Waals surface area contributed by atoms with Crippen LogP contribution in [0.15, 0.2) is 33.9 Å². The summed E-state index contributed by atoms with van der Waals surface area (Å²) in [5, 5.41) is 7.45. The van der Waals surface area contributed by atoms with Crippen LogP contribution >= 0.6 is 47.2 Å². The second kappa shape index (κ2) is 9.32. The second-order valence-corrected chi connectivity index (χ2v) is 5.23. The van der Waals surface area contributed by atoms with Crippen molar-refractivity contribution in [1.29, 1.82) is 0 Å². The number of hydrogen-bond donors (Lipinski definition) is 2. The molecule has 0 unspecified atom stereocenters. The Morgan fingerprint density at radius 1 is 1.36 bits per heavy atom. The zero-order valence-electron chi connectivity index (χ0n) is 12.4. The molecule has 0 aliphatic heterocycles. The fourth-order valence-corrected chi connectivity index (χ4v) is 2.24. The molecule has 0 spiro atoms. The Hall–Kier alpha value is -0.860. The Balaban J connectivity index is 0.00000242. The first kappa shape index (κ1) is 19.2. The minimum absolute atomic E-state index is 0. The van der Waals surface area contributed by atoms with Gasteiger partial charge in [0.05, 0.1) is 24.4 Å². The minimum atomic E-state index is 0. The van der Waals surface area contributed by atoms with Crippen molar-refractivity contribution in [1.82, 2.24) is 15.2 Å². The number of guanidine groups is 1. The Labute approximate surface area is 157 Å². The topological polar surface area (TPSA) is 54.5 Å². The van der Waals surface area contributed by atoms with E-state index in [1.54, 1.807) is 6.26 Å². The number of nitrogens with zero attached hydrogens (tertiary/aromatic N) is 2. The largest absolute Gasteiger partial charge is 0.467 e. The summed E-state index contributed by atoms with van der Waals surface area (Å²) in [6.45, 7) is 3.85. The fourth-order valence-electron chi connectivity index (χ4n) is 1.83. The molecule has 0 saturated carbocycles. The molecule has 2 N–H and O–H groups in total. The van der Waals surface area contributed by atoms with Crippen molar-refractivity contribution in [3.63, 3.8) is 0 Å². The number of furan rings is 1. The van der Waals surface area contributed by atoms with E-state index in [0.29, 0.717) is 29.2 Å². The zero-order valence-corrected chi connectivity index (χ0v) is 16.2. The van der Waals surface area contributed by atoms with Gasteiger partial charge in [-0.05, 0) is 25.1 Å². The molecule has 0 atom stereocenters. The fraction of sp³-hybridized carbons (Fsp3) is 0.357. The lowest BCUT2D eigenvalue weighted by molar-refractivity contribution is 0.501. The predicted octanol–water partition coefficient (Wildman–Crippen LogP) is 3.80. The van der Waals surface area contributed by atoms with Gasteiger partial charge in [0.15, 0.2) is 5.96 Å². The summed E-state index contributed by atoms with van der Waals surface area (Å²) in [7, 11) is 1.86. The van der Waals surface area contributed by atoms with Crippen LogP contribution in [0.1, 0.15) is 18.4 Å². The number of aliphatic imine (C=N–C) groups is 1. The minimum Gasteiger partial charge on any atom is -0.467 e. The summed E-state index contributed by atoms with van der Waals surface area (Å²) in [5.74, 6) is 1.56. The molecule has 2 rings (SSSR count). The Morgan fingerprint density at radius 3 is 2.68 bits per heavy atom. The molecule has 2 aromatic heterocycles. The smallest absolute Gasteiger partial charge is 0.192 e. The zero-order chi connectivity index (χ0) is 15.2. The van der Waals surface area contributed by atoms with E-state index in [-0.39, 0.29) is 24.0 Å². The van der Waals surface area contributed by atoms with Crippen LogP contribution in [0.2, 0.25) is 10.2 Å². The highest BCUT2D eigenvalue weighted by Gasteiger charge is 2.08. The van der Waals surface area contributed by atoms with Gasteiger partial charge in [-0.3, -0.25) is 0 Å². The molecular formula is C14H19Cl2IN4O. The van der Waals surface area contributed by atoms with E-state index < -0.39 is 0 Å². The molecule has 0 aliphatic carbocycles. The van der Waals surface area contributed by atoms with Crippen molar-refractivity contribution in [3.8, 4) is 0 Å². The highest BCUT2D eigenvalue weighted by molar-refractivity contribution is 14.0. The van der Waals surface area contributed by atoms with Crippen LogP contribution in [0, 0.1) is 0 Å². The molecule has 0 aliphatic rings. The summed E-state index contributed by atoms with van der Waals surface area (Å²) < 4.78 is 7.10. The summed E-state index contributed by atoms with van der Waals surface area (Å²) in [4.78, 5) is 4.51. The van der Waals surface area contributed by atoms with Crippen LogP contribution in [0.4, 0.5) is 0 Å². The normalized spacial score (nSPS) is 11.2. The molecule has 5 nitrogen and oxygen atoms in total. The first-order valence-corrected chi connectivity index (χ1v) is 7.41. The van der Waals surface area contributed by atoms with Crippen molar-refractivity contribution >= 4 is 53.1 Å². The van der Waals surface area contributed by atoms with E-state index in [9.17, 15) is 0 Å². The van der Waals surface area contributed by atoms with Crippen molar-refractivity contribution in [3.05, 3.63) is 46.1 Å². The van der Waals surface area contributed by atoms with Gasteiger partial charge in [-0.2, -0.15) is 0 Å². The molecule has 22 heavy (non-hydrogen) atoms. The number of rotatable bonds is 5. The molecular weight excluding hydrogens is 438 g/mol. The van der Waals surface area contributed by atoms with Gasteiger partial charge in [0.1, 0.15) is 10.9 Å². The van der Waals surface area contributed by atoms with Gasteiger partial charge in [0.2, 0.25) is 0 Å². The maximum absolute atomic E-state index is 6.04.